The Bertz CT molecular complexity index is 1930. The maximum absolute atomic E-state index is 18.8. The molecule has 2 unspecified atom stereocenters. The molecule has 27 heteroatoms. The van der Waals surface area contributed by atoms with E-state index in [9.17, 15) is 46.9 Å². The summed E-state index contributed by atoms with van der Waals surface area (Å²) in [5, 5.41) is 0. The molecule has 0 amide bonds. The molecule has 406 valence electrons. The zero-order chi connectivity index (χ0) is 52.5. The van der Waals surface area contributed by atoms with E-state index in [1.54, 1.807) is 34.6 Å². The number of carbonyl (C=O) groups is 1. The van der Waals surface area contributed by atoms with Crippen LogP contribution in [0, 0.1) is 0 Å². The maximum Gasteiger partial charge on any atom is 0.457 e. The van der Waals surface area contributed by atoms with Gasteiger partial charge in [-0.3, -0.25) is 0 Å². The SMILES string of the molecule is C=CC(=O)OC(N(F)S(=O)(=O)CCCCCCC)(C(N(F)S(=O)(=O)CCCCCCC)(N(F)S(=O)(=O)CCCCCCC)N(F)S(=O)(=O)CCCCCCC)[N+](C)(F)S(=O)(=O)CCCCCCC. The summed E-state index contributed by atoms with van der Waals surface area (Å²) in [7, 11) is -32.5. The van der Waals surface area contributed by atoms with Crippen molar-refractivity contribution in [2.45, 2.75) is 207 Å². The summed E-state index contributed by atoms with van der Waals surface area (Å²) >= 11 is 0. The van der Waals surface area contributed by atoms with E-state index < -0.39 is 158 Å². The first-order valence-electron chi connectivity index (χ1n) is 24.0. The summed E-state index contributed by atoms with van der Waals surface area (Å²) in [6.45, 7) is 11.9. The number of carbonyl (C=O) groups excluding carboxylic acids is 1. The maximum atomic E-state index is 18.8. The predicted molar refractivity (Wildman–Crippen MR) is 254 cm³/mol. The molecule has 0 bridgehead atoms. The number of halogens is 5. The number of hydrogen-bond donors (Lipinski definition) is 0. The lowest BCUT2D eigenvalue weighted by atomic mass is 10.2. The van der Waals surface area contributed by atoms with Crippen molar-refractivity contribution in [1.29, 1.82) is 0 Å². The fourth-order valence-corrected chi connectivity index (χ4v) is 14.6. The number of hydrogen-bond acceptors (Lipinski definition) is 12. The van der Waals surface area contributed by atoms with E-state index in [1.807, 2.05) is 0 Å². The van der Waals surface area contributed by atoms with Crippen molar-refractivity contribution in [3.05, 3.63) is 12.7 Å². The molecule has 68 heavy (non-hydrogen) atoms. The van der Waals surface area contributed by atoms with Crippen LogP contribution in [0.25, 0.3) is 0 Å². The lowest BCUT2D eigenvalue weighted by Crippen LogP contribution is -2.89. The first-order chi connectivity index (χ1) is 31.6. The van der Waals surface area contributed by atoms with Crippen LogP contribution in [0.4, 0.5) is 22.4 Å². The lowest BCUT2D eigenvalue weighted by Gasteiger charge is -2.52. The van der Waals surface area contributed by atoms with Crippen molar-refractivity contribution in [2.24, 2.45) is 0 Å². The van der Waals surface area contributed by atoms with Gasteiger partial charge in [0.05, 0.1) is 27.5 Å². The average Bonchev–Trinajstić information content (AvgIpc) is 3.27. The van der Waals surface area contributed by atoms with Gasteiger partial charge >= 0.3 is 27.6 Å². The predicted octanol–water partition coefficient (Wildman–Crippen LogP) is 9.60. The van der Waals surface area contributed by atoms with Gasteiger partial charge in [0.15, 0.2) is 0 Å². The van der Waals surface area contributed by atoms with Crippen LogP contribution in [0.2, 0.25) is 0 Å². The quantitative estimate of drug-likeness (QED) is 0.0140. The first-order valence-corrected chi connectivity index (χ1v) is 32.1. The van der Waals surface area contributed by atoms with E-state index in [4.69, 9.17) is 4.74 Å². The number of unbranched alkanes of at least 4 members (excludes halogenated alkanes) is 20. The lowest BCUT2D eigenvalue weighted by molar-refractivity contribution is -1.02. The van der Waals surface area contributed by atoms with Crippen molar-refractivity contribution in [3.63, 3.8) is 0 Å². The molecule has 0 aliphatic heterocycles. The van der Waals surface area contributed by atoms with E-state index >= 15 is 22.4 Å². The third kappa shape index (κ3) is 17.9. The molecular weight excluding hydrogens is 1010 g/mol. The highest BCUT2D eigenvalue weighted by Gasteiger charge is 2.92. The molecule has 0 rings (SSSR count). The van der Waals surface area contributed by atoms with Gasteiger partial charge in [-0.1, -0.05) is 170 Å². The van der Waals surface area contributed by atoms with Crippen LogP contribution in [-0.2, 0) is 59.6 Å². The number of sulfonamides is 5. The number of ether oxygens (including phenoxy) is 1. The third-order valence-corrected chi connectivity index (χ3v) is 19.7. The molecule has 0 aromatic rings. The highest BCUT2D eigenvalue weighted by atomic mass is 32.2. The second-order valence-corrected chi connectivity index (χ2v) is 27.0. The fourth-order valence-electron chi connectivity index (χ4n) is 7.31. The Morgan fingerprint density at radius 3 is 0.941 bits per heavy atom. The van der Waals surface area contributed by atoms with Crippen molar-refractivity contribution < 1.29 is 78.1 Å². The van der Waals surface area contributed by atoms with Crippen LogP contribution < -0.4 is 0 Å². The summed E-state index contributed by atoms with van der Waals surface area (Å²) < 4.78 is 227. The Balaban J connectivity index is 9.66. The van der Waals surface area contributed by atoms with Gasteiger partial charge in [0.25, 0.3) is 0 Å². The minimum absolute atomic E-state index is 0.0575. The third-order valence-electron chi connectivity index (χ3n) is 11.4. The van der Waals surface area contributed by atoms with E-state index in [-0.39, 0.29) is 70.3 Å². The smallest absolute Gasteiger partial charge is 0.381 e. The van der Waals surface area contributed by atoms with E-state index in [2.05, 4.69) is 6.58 Å². The van der Waals surface area contributed by atoms with Gasteiger partial charge in [0.1, 0.15) is 12.8 Å². The van der Waals surface area contributed by atoms with Crippen LogP contribution in [0.1, 0.15) is 195 Å². The van der Waals surface area contributed by atoms with Gasteiger partial charge in [0, 0.05) is 28.2 Å². The Labute approximate surface area is 405 Å². The van der Waals surface area contributed by atoms with Gasteiger partial charge in [-0.25, -0.2) is 38.5 Å². The Morgan fingerprint density at radius 1 is 0.456 bits per heavy atom. The standard InChI is InChI=1S/C41H81F5N5O12S5/c1-8-14-19-24-29-34-64(53,54)47(42)40(48(43)65(55,56)35-30-25-20-15-9-2,49(44)66(57,58)36-31-26-21-16-10-3)41(63-39(52)13-6,50(45)67(59,60)37-32-27-22-17-11-4)51(7,46)68(61,62)38-33-28-23-18-12-5/h13H,6,8-12,14-38H2,1-5,7H3/q+1. The Kier molecular flexibility index (Phi) is 30.4. The van der Waals surface area contributed by atoms with E-state index in [0.717, 1.165) is 0 Å². The molecule has 0 N–H and O–H groups in total. The molecule has 0 heterocycles. The zero-order valence-electron chi connectivity index (χ0n) is 41.1. The second kappa shape index (κ2) is 31.1. The van der Waals surface area contributed by atoms with E-state index in [0.29, 0.717) is 64.2 Å². The highest BCUT2D eigenvalue weighted by molar-refractivity contribution is 7.91. The minimum Gasteiger partial charge on any atom is -0.381 e. The molecule has 0 aromatic heterocycles. The van der Waals surface area contributed by atoms with Gasteiger partial charge < -0.3 is 4.74 Å². The second-order valence-electron chi connectivity index (χ2n) is 17.2. The molecule has 0 aliphatic carbocycles. The topological polar surface area (TPSA) is 210 Å². The van der Waals surface area contributed by atoms with Gasteiger partial charge in [-0.05, 0) is 32.1 Å². The molecule has 0 aromatic carbocycles. The first kappa shape index (κ1) is 66.4. The molecule has 0 radical (unpaired) electrons. The fraction of sp³-hybridized carbons (Fsp3) is 0.927. The Hall–Kier alpha value is -1.59. The molecule has 2 atom stereocenters. The Morgan fingerprint density at radius 2 is 0.691 bits per heavy atom. The van der Waals surface area contributed by atoms with Crippen molar-refractivity contribution in [1.82, 2.24) is 18.1 Å². The normalized spacial score (nSPS) is 15.3. The molecule has 0 fully saturated rings. The molecule has 0 spiro atoms. The monoisotopic (exact) mass is 1090 g/mol. The molecule has 0 aliphatic rings. The summed E-state index contributed by atoms with van der Waals surface area (Å²) in [6.07, 6.45) is 3.14. The van der Waals surface area contributed by atoms with Gasteiger partial charge in [0.2, 0.25) is 40.1 Å². The number of esters is 1. The minimum atomic E-state index is -6.45. The van der Waals surface area contributed by atoms with Crippen molar-refractivity contribution in [3.8, 4) is 0 Å². The van der Waals surface area contributed by atoms with Crippen LogP contribution in [0.15, 0.2) is 12.7 Å². The summed E-state index contributed by atoms with van der Waals surface area (Å²) in [5.41, 5.74) is 0. The average molecular weight is 1090 g/mol. The summed E-state index contributed by atoms with van der Waals surface area (Å²) in [6, 6.07) is 0. The van der Waals surface area contributed by atoms with Crippen LogP contribution >= 0.6 is 0 Å². The molecule has 0 saturated carbocycles. The van der Waals surface area contributed by atoms with Crippen LogP contribution in [0.5, 0.6) is 0 Å². The van der Waals surface area contributed by atoms with Crippen molar-refractivity contribution in [2.75, 3.05) is 35.8 Å². The summed E-state index contributed by atoms with van der Waals surface area (Å²) in [5.74, 6) is -22.9. The number of likely N-dealkylation sites (N-methyl/N-ethyl adjacent to an activating group) is 1. The number of quaternary nitrogens is 1. The van der Waals surface area contributed by atoms with Crippen LogP contribution in [0.3, 0.4) is 0 Å². The molecule has 17 nitrogen and oxygen atoms in total. The van der Waals surface area contributed by atoms with Crippen molar-refractivity contribution >= 4 is 56.1 Å². The zero-order valence-corrected chi connectivity index (χ0v) is 45.1. The largest absolute Gasteiger partial charge is 0.457 e. The molecular formula is C41H81F5N5O12S5+. The van der Waals surface area contributed by atoms with Gasteiger partial charge in [-0.15, -0.1) is 17.9 Å². The van der Waals surface area contributed by atoms with Gasteiger partial charge in [-0.2, -0.15) is 8.42 Å². The summed E-state index contributed by atoms with van der Waals surface area (Å²) in [4.78, 5) is 13.6. The van der Waals surface area contributed by atoms with E-state index in [1.165, 1.54) is 0 Å². The number of nitrogens with zero attached hydrogens (tertiary/aromatic N) is 5. The van der Waals surface area contributed by atoms with Crippen LogP contribution in [-0.4, -0.2) is 118 Å². The highest BCUT2D eigenvalue weighted by Crippen LogP contribution is 2.54. The molecule has 0 saturated heterocycles. The number of rotatable bonds is 43.